The first-order chi connectivity index (χ1) is 13.1. The van der Waals surface area contributed by atoms with E-state index in [0.717, 1.165) is 5.69 Å². The molecule has 0 atom stereocenters. The molecule has 0 radical (unpaired) electrons. The van der Waals surface area contributed by atoms with Crippen LogP contribution in [0.1, 0.15) is 13.8 Å². The number of nitrogens with zero attached hydrogens (tertiary/aromatic N) is 4. The normalized spacial score (nSPS) is 19.4. The summed E-state index contributed by atoms with van der Waals surface area (Å²) in [6, 6.07) is 18.7. The summed E-state index contributed by atoms with van der Waals surface area (Å²) in [6.07, 6.45) is 0. The Hall–Kier alpha value is -3.19. The van der Waals surface area contributed by atoms with Gasteiger partial charge in [-0.2, -0.15) is 15.2 Å². The van der Waals surface area contributed by atoms with Gasteiger partial charge in [-0.05, 0) is 43.0 Å². The van der Waals surface area contributed by atoms with Gasteiger partial charge in [0, 0.05) is 6.92 Å². The Morgan fingerprint density at radius 1 is 0.889 bits per heavy atom. The molecule has 0 N–H and O–H groups in total. The van der Waals surface area contributed by atoms with E-state index in [-0.39, 0.29) is 11.7 Å². The number of carbonyl (C=O) groups is 2. The van der Waals surface area contributed by atoms with Gasteiger partial charge < -0.3 is 0 Å². The van der Waals surface area contributed by atoms with Gasteiger partial charge in [-0.15, -0.1) is 0 Å². The van der Waals surface area contributed by atoms with Crippen molar-refractivity contribution in [1.29, 1.82) is 0 Å². The van der Waals surface area contributed by atoms with E-state index in [2.05, 4.69) is 10.2 Å². The fourth-order valence-electron chi connectivity index (χ4n) is 2.83. The van der Waals surface area contributed by atoms with Gasteiger partial charge in [-0.3, -0.25) is 9.59 Å². The maximum absolute atomic E-state index is 13.1. The van der Waals surface area contributed by atoms with Crippen molar-refractivity contribution < 1.29 is 9.59 Å². The summed E-state index contributed by atoms with van der Waals surface area (Å²) in [5.41, 5.74) is 2.52. The monoisotopic (exact) mass is 376 g/mol. The van der Waals surface area contributed by atoms with Crippen molar-refractivity contribution in [3.8, 4) is 0 Å². The van der Waals surface area contributed by atoms with Gasteiger partial charge in [0.05, 0.1) is 22.7 Å². The molecule has 2 aliphatic rings. The Bertz CT molecular complexity index is 1010. The standard InChI is InChI=1S/C20H16N4O2S/c1-13-17(19(26)23(21-13)15-9-5-3-6-10-15)20-24(16-11-7-4-8-12-16)22-18(27-20)14(2)25/h3-12H,1-2H3/b20-17+. The number of anilines is 2. The number of Topliss-reactive ketones (excluding diaryl/α,β-unsaturated/α-hetero) is 1. The molecule has 0 saturated carbocycles. The van der Waals surface area contributed by atoms with Crippen LogP contribution in [0.2, 0.25) is 0 Å². The van der Waals surface area contributed by atoms with Crippen LogP contribution in [-0.2, 0) is 9.59 Å². The van der Waals surface area contributed by atoms with Crippen LogP contribution in [0.4, 0.5) is 11.4 Å². The molecule has 2 aromatic rings. The lowest BCUT2D eigenvalue weighted by molar-refractivity contribution is -0.114. The minimum Gasteiger partial charge on any atom is -0.292 e. The zero-order valence-electron chi connectivity index (χ0n) is 14.8. The number of hydrogen-bond donors (Lipinski definition) is 0. The molecule has 0 bridgehead atoms. The van der Waals surface area contributed by atoms with E-state index >= 15 is 0 Å². The largest absolute Gasteiger partial charge is 0.292 e. The molecule has 1 amide bonds. The Labute approximate surface area is 160 Å². The quantitative estimate of drug-likeness (QED) is 0.765. The van der Waals surface area contributed by atoms with E-state index < -0.39 is 0 Å². The number of benzene rings is 2. The molecule has 0 fully saturated rings. The minimum absolute atomic E-state index is 0.142. The molecule has 7 heteroatoms. The number of ketones is 1. The third-order valence-corrected chi connectivity index (χ3v) is 5.24. The Kier molecular flexibility index (Phi) is 4.37. The van der Waals surface area contributed by atoms with E-state index in [1.54, 1.807) is 11.9 Å². The first-order valence-electron chi connectivity index (χ1n) is 8.38. The highest BCUT2D eigenvalue weighted by Gasteiger charge is 2.37. The average Bonchev–Trinajstić information content (AvgIpc) is 3.24. The van der Waals surface area contributed by atoms with Crippen molar-refractivity contribution in [3.05, 3.63) is 71.3 Å². The highest BCUT2D eigenvalue weighted by atomic mass is 32.2. The molecular weight excluding hydrogens is 360 g/mol. The first-order valence-corrected chi connectivity index (χ1v) is 9.20. The second-order valence-corrected chi connectivity index (χ2v) is 7.01. The van der Waals surface area contributed by atoms with E-state index in [1.165, 1.54) is 23.7 Å². The van der Waals surface area contributed by atoms with Crippen LogP contribution in [-0.4, -0.2) is 22.4 Å². The molecule has 2 heterocycles. The van der Waals surface area contributed by atoms with Crippen LogP contribution in [0.15, 0.2) is 81.5 Å². The van der Waals surface area contributed by atoms with Crippen molar-refractivity contribution in [1.82, 2.24) is 0 Å². The summed E-state index contributed by atoms with van der Waals surface area (Å²) in [5.74, 6) is -0.376. The van der Waals surface area contributed by atoms with Gasteiger partial charge in [-0.1, -0.05) is 36.4 Å². The molecule has 4 rings (SSSR count). The zero-order chi connectivity index (χ0) is 19.0. The van der Waals surface area contributed by atoms with E-state index in [9.17, 15) is 9.59 Å². The van der Waals surface area contributed by atoms with Crippen LogP contribution in [0.3, 0.4) is 0 Å². The molecule has 0 spiro atoms. The second-order valence-electron chi connectivity index (χ2n) is 6.03. The highest BCUT2D eigenvalue weighted by Crippen LogP contribution is 2.39. The average molecular weight is 376 g/mol. The van der Waals surface area contributed by atoms with Crippen LogP contribution < -0.4 is 10.0 Å². The molecule has 134 valence electrons. The summed E-state index contributed by atoms with van der Waals surface area (Å²) in [6.45, 7) is 3.26. The van der Waals surface area contributed by atoms with Crippen molar-refractivity contribution in [2.45, 2.75) is 13.8 Å². The van der Waals surface area contributed by atoms with Crippen LogP contribution in [0.5, 0.6) is 0 Å². The highest BCUT2D eigenvalue weighted by molar-refractivity contribution is 8.19. The lowest BCUT2D eigenvalue weighted by Gasteiger charge is -2.17. The fourth-order valence-corrected chi connectivity index (χ4v) is 3.85. The van der Waals surface area contributed by atoms with Gasteiger partial charge in [0.15, 0.2) is 10.8 Å². The third-order valence-electron chi connectivity index (χ3n) is 4.11. The van der Waals surface area contributed by atoms with Gasteiger partial charge in [0.1, 0.15) is 5.03 Å². The molecule has 2 aromatic carbocycles. The van der Waals surface area contributed by atoms with Gasteiger partial charge in [0.25, 0.3) is 5.91 Å². The lowest BCUT2D eigenvalue weighted by atomic mass is 10.2. The second kappa shape index (κ2) is 6.85. The summed E-state index contributed by atoms with van der Waals surface area (Å²) in [4.78, 5) is 25.0. The van der Waals surface area contributed by atoms with Crippen molar-refractivity contribution in [2.75, 3.05) is 10.0 Å². The Morgan fingerprint density at radius 2 is 1.44 bits per heavy atom. The van der Waals surface area contributed by atoms with Crippen LogP contribution in [0.25, 0.3) is 0 Å². The predicted molar refractivity (Wildman–Crippen MR) is 109 cm³/mol. The van der Waals surface area contributed by atoms with Crippen LogP contribution >= 0.6 is 11.8 Å². The number of para-hydroxylation sites is 2. The summed E-state index contributed by atoms with van der Waals surface area (Å²) in [5, 5.41) is 12.8. The third kappa shape index (κ3) is 3.06. The zero-order valence-corrected chi connectivity index (χ0v) is 15.6. The molecule has 6 nitrogen and oxygen atoms in total. The molecule has 0 saturated heterocycles. The van der Waals surface area contributed by atoms with Crippen molar-refractivity contribution in [2.24, 2.45) is 10.2 Å². The Balaban J connectivity index is 1.80. The predicted octanol–water partition coefficient (Wildman–Crippen LogP) is 3.78. The number of hydrogen-bond acceptors (Lipinski definition) is 6. The Morgan fingerprint density at radius 3 is 2.00 bits per heavy atom. The fraction of sp³-hybridized carbons (Fsp3) is 0.100. The number of carbonyl (C=O) groups excluding carboxylic acids is 2. The molecular formula is C20H16N4O2S. The maximum Gasteiger partial charge on any atom is 0.283 e. The van der Waals surface area contributed by atoms with Crippen LogP contribution in [0, 0.1) is 0 Å². The lowest BCUT2D eigenvalue weighted by Crippen LogP contribution is -2.24. The van der Waals surface area contributed by atoms with Gasteiger partial charge in [0.2, 0.25) is 0 Å². The summed E-state index contributed by atoms with van der Waals surface area (Å²) < 4.78 is 0. The van der Waals surface area contributed by atoms with E-state index in [1.807, 2.05) is 60.7 Å². The summed E-state index contributed by atoms with van der Waals surface area (Å²) in [7, 11) is 0. The molecule has 0 unspecified atom stereocenters. The molecule has 27 heavy (non-hydrogen) atoms. The number of amides is 1. The SMILES string of the molecule is CC(=O)C1=NN(c2ccccc2)/C(=C2\C(=O)N(c3ccccc3)N=C2C)S1. The van der Waals surface area contributed by atoms with Gasteiger partial charge >= 0.3 is 0 Å². The number of hydrazone groups is 2. The molecule has 0 aliphatic carbocycles. The van der Waals surface area contributed by atoms with Gasteiger partial charge in [-0.25, -0.2) is 5.01 Å². The topological polar surface area (TPSA) is 65.3 Å². The van der Waals surface area contributed by atoms with E-state index in [4.69, 9.17) is 0 Å². The maximum atomic E-state index is 13.1. The van der Waals surface area contributed by atoms with Crippen molar-refractivity contribution in [3.63, 3.8) is 0 Å². The smallest absolute Gasteiger partial charge is 0.283 e. The minimum atomic E-state index is -0.234. The van der Waals surface area contributed by atoms with Crippen molar-refractivity contribution >= 4 is 45.6 Å². The molecule has 2 aliphatic heterocycles. The van der Waals surface area contributed by atoms with E-state index in [0.29, 0.717) is 27.0 Å². The molecule has 0 aromatic heterocycles. The number of rotatable bonds is 3. The first kappa shape index (κ1) is 17.2. The number of thioether (sulfide) groups is 1. The summed E-state index contributed by atoms with van der Waals surface area (Å²) >= 11 is 1.20.